The smallest absolute Gasteiger partial charge is 0.191 e. The number of halogens is 1. The van der Waals surface area contributed by atoms with E-state index in [1.54, 1.807) is 13.2 Å². The van der Waals surface area contributed by atoms with Crippen molar-refractivity contribution >= 4 is 15.8 Å². The second-order valence-electron chi connectivity index (χ2n) is 5.30. The Morgan fingerprint density at radius 2 is 2.00 bits per heavy atom. The van der Waals surface area contributed by atoms with E-state index in [4.69, 9.17) is 0 Å². The summed E-state index contributed by atoms with van der Waals surface area (Å²) in [7, 11) is -2.08. The lowest BCUT2D eigenvalue weighted by Gasteiger charge is -2.12. The van der Waals surface area contributed by atoms with Crippen molar-refractivity contribution in [2.45, 2.75) is 17.9 Å². The predicted octanol–water partition coefficient (Wildman–Crippen LogP) is 1.05. The first-order valence-electron chi connectivity index (χ1n) is 7.92. The van der Waals surface area contributed by atoms with Crippen molar-refractivity contribution in [2.75, 3.05) is 25.9 Å². The number of sulfone groups is 1. The first kappa shape index (κ1) is 18.9. The zero-order valence-corrected chi connectivity index (χ0v) is 14.8. The number of aliphatic imine (C=N–C) groups is 1. The van der Waals surface area contributed by atoms with Gasteiger partial charge >= 0.3 is 0 Å². The van der Waals surface area contributed by atoms with Gasteiger partial charge in [0, 0.05) is 39.1 Å². The fourth-order valence-corrected chi connectivity index (χ4v) is 3.45. The Hall–Kier alpha value is -2.42. The lowest BCUT2D eigenvalue weighted by molar-refractivity contribution is 0.565. The second kappa shape index (κ2) is 9.16. The molecule has 9 heteroatoms. The molecule has 0 aliphatic rings. The van der Waals surface area contributed by atoms with Crippen molar-refractivity contribution in [3.05, 3.63) is 48.5 Å². The molecule has 1 aromatic carbocycles. The highest BCUT2D eigenvalue weighted by atomic mass is 32.2. The second-order valence-corrected chi connectivity index (χ2v) is 7.38. The molecule has 0 fully saturated rings. The van der Waals surface area contributed by atoms with E-state index in [1.165, 1.54) is 18.2 Å². The fourth-order valence-electron chi connectivity index (χ4n) is 2.21. The predicted molar refractivity (Wildman–Crippen MR) is 94.7 cm³/mol. The fraction of sp³-hybridized carbons (Fsp3) is 0.375. The molecule has 25 heavy (non-hydrogen) atoms. The molecule has 7 nitrogen and oxygen atoms in total. The van der Waals surface area contributed by atoms with Crippen LogP contribution in [0, 0.1) is 5.82 Å². The van der Waals surface area contributed by atoms with Gasteiger partial charge in [-0.25, -0.2) is 12.8 Å². The maximum absolute atomic E-state index is 13.6. The molecule has 0 aliphatic carbocycles. The first-order valence-corrected chi connectivity index (χ1v) is 9.57. The van der Waals surface area contributed by atoms with Crippen molar-refractivity contribution in [2.24, 2.45) is 4.99 Å². The molecule has 0 spiro atoms. The molecule has 0 unspecified atom stereocenters. The molecule has 136 valence electrons. The number of benzene rings is 1. The van der Waals surface area contributed by atoms with Crippen LogP contribution in [0.15, 0.2) is 52.6 Å². The van der Waals surface area contributed by atoms with Crippen LogP contribution in [0.3, 0.4) is 0 Å². The van der Waals surface area contributed by atoms with Crippen LogP contribution in [0.25, 0.3) is 0 Å². The summed E-state index contributed by atoms with van der Waals surface area (Å²) in [6.45, 7) is 1.58. The van der Waals surface area contributed by atoms with Crippen LogP contribution in [-0.4, -0.2) is 50.0 Å². The van der Waals surface area contributed by atoms with E-state index in [1.807, 2.05) is 16.9 Å². The highest BCUT2D eigenvalue weighted by Gasteiger charge is 2.18. The molecular formula is C16H22FN5O2S. The number of aromatic nitrogens is 2. The lowest BCUT2D eigenvalue weighted by atomic mass is 10.3. The van der Waals surface area contributed by atoms with Crippen LogP contribution in [0.2, 0.25) is 0 Å². The molecule has 2 aromatic rings. The zero-order valence-electron chi connectivity index (χ0n) is 14.0. The van der Waals surface area contributed by atoms with Gasteiger partial charge in [-0.2, -0.15) is 5.10 Å². The molecule has 0 radical (unpaired) electrons. The summed E-state index contributed by atoms with van der Waals surface area (Å²) in [5.74, 6) is -0.449. The average Bonchev–Trinajstić information content (AvgIpc) is 3.10. The third-order valence-corrected chi connectivity index (χ3v) is 5.22. The summed E-state index contributed by atoms with van der Waals surface area (Å²) in [5, 5.41) is 10.1. The van der Waals surface area contributed by atoms with E-state index in [0.29, 0.717) is 12.5 Å². The van der Waals surface area contributed by atoms with Crippen molar-refractivity contribution < 1.29 is 12.8 Å². The molecule has 0 aliphatic heterocycles. The van der Waals surface area contributed by atoms with Gasteiger partial charge in [0.2, 0.25) is 0 Å². The van der Waals surface area contributed by atoms with E-state index < -0.39 is 15.7 Å². The standard InChI is InChI=1S/C16H22FN5O2S/c1-18-16(19-8-4-11-22-12-5-9-21-22)20-10-13-25(23,24)15-7-3-2-6-14(15)17/h2-3,5-7,9,12H,4,8,10-11,13H2,1H3,(H2,18,19,20). The molecule has 1 heterocycles. The van der Waals surface area contributed by atoms with Crippen LogP contribution in [0.5, 0.6) is 0 Å². The molecule has 1 aromatic heterocycles. The van der Waals surface area contributed by atoms with Crippen LogP contribution in [-0.2, 0) is 16.4 Å². The Balaban J connectivity index is 1.74. The Morgan fingerprint density at radius 3 is 2.68 bits per heavy atom. The molecule has 0 amide bonds. The molecule has 0 saturated carbocycles. The average molecular weight is 367 g/mol. The summed E-state index contributed by atoms with van der Waals surface area (Å²) < 4.78 is 39.8. The van der Waals surface area contributed by atoms with E-state index in [9.17, 15) is 12.8 Å². The SMILES string of the molecule is CN=C(NCCCn1cccn1)NCCS(=O)(=O)c1ccccc1F. The van der Waals surface area contributed by atoms with Crippen molar-refractivity contribution in [3.63, 3.8) is 0 Å². The van der Waals surface area contributed by atoms with Gasteiger partial charge in [0.25, 0.3) is 0 Å². The van der Waals surface area contributed by atoms with Crippen LogP contribution in [0.1, 0.15) is 6.42 Å². The number of rotatable bonds is 8. The summed E-state index contributed by atoms with van der Waals surface area (Å²) in [6, 6.07) is 7.24. The molecule has 0 bridgehead atoms. The van der Waals surface area contributed by atoms with Gasteiger partial charge in [-0.1, -0.05) is 12.1 Å². The minimum atomic E-state index is -3.68. The Labute approximate surface area is 146 Å². The Morgan fingerprint density at radius 1 is 1.24 bits per heavy atom. The van der Waals surface area contributed by atoms with Crippen LogP contribution >= 0.6 is 0 Å². The van der Waals surface area contributed by atoms with Crippen molar-refractivity contribution in [3.8, 4) is 0 Å². The number of nitrogens with one attached hydrogen (secondary N) is 2. The van der Waals surface area contributed by atoms with E-state index in [2.05, 4.69) is 20.7 Å². The first-order chi connectivity index (χ1) is 12.0. The minimum Gasteiger partial charge on any atom is -0.356 e. The van der Waals surface area contributed by atoms with E-state index >= 15 is 0 Å². The zero-order chi connectivity index (χ0) is 18.1. The maximum atomic E-state index is 13.6. The van der Waals surface area contributed by atoms with Gasteiger partial charge in [-0.15, -0.1) is 0 Å². The van der Waals surface area contributed by atoms with Gasteiger partial charge in [0.05, 0.1) is 5.75 Å². The minimum absolute atomic E-state index is 0.134. The topological polar surface area (TPSA) is 88.4 Å². The van der Waals surface area contributed by atoms with Crippen molar-refractivity contribution in [1.82, 2.24) is 20.4 Å². The van der Waals surface area contributed by atoms with Gasteiger partial charge in [-0.05, 0) is 24.6 Å². The van der Waals surface area contributed by atoms with Crippen molar-refractivity contribution in [1.29, 1.82) is 0 Å². The Kier molecular flexibility index (Phi) is 6.93. The van der Waals surface area contributed by atoms with Gasteiger partial charge < -0.3 is 10.6 Å². The van der Waals surface area contributed by atoms with Gasteiger partial charge in [-0.3, -0.25) is 9.67 Å². The van der Waals surface area contributed by atoms with Crippen LogP contribution in [0.4, 0.5) is 4.39 Å². The van der Waals surface area contributed by atoms with E-state index in [0.717, 1.165) is 19.0 Å². The molecule has 2 rings (SSSR count). The van der Waals surface area contributed by atoms with Crippen LogP contribution < -0.4 is 10.6 Å². The number of hydrogen-bond acceptors (Lipinski definition) is 4. The molecule has 0 atom stereocenters. The number of nitrogens with zero attached hydrogens (tertiary/aromatic N) is 3. The third-order valence-electron chi connectivity index (χ3n) is 3.47. The molecule has 0 saturated heterocycles. The maximum Gasteiger partial charge on any atom is 0.191 e. The normalized spacial score (nSPS) is 12.2. The largest absolute Gasteiger partial charge is 0.356 e. The van der Waals surface area contributed by atoms with Gasteiger partial charge in [0.15, 0.2) is 15.8 Å². The third kappa shape index (κ3) is 5.86. The lowest BCUT2D eigenvalue weighted by Crippen LogP contribution is -2.40. The summed E-state index contributed by atoms with van der Waals surface area (Å²) in [6.07, 6.45) is 4.46. The highest BCUT2D eigenvalue weighted by Crippen LogP contribution is 2.14. The summed E-state index contributed by atoms with van der Waals surface area (Å²) >= 11 is 0. The quantitative estimate of drug-likeness (QED) is 0.414. The molecule has 2 N–H and O–H groups in total. The summed E-state index contributed by atoms with van der Waals surface area (Å²) in [5.41, 5.74) is 0. The molecular weight excluding hydrogens is 345 g/mol. The Bertz CT molecular complexity index is 791. The highest BCUT2D eigenvalue weighted by molar-refractivity contribution is 7.91. The number of aryl methyl sites for hydroxylation is 1. The van der Waals surface area contributed by atoms with E-state index in [-0.39, 0.29) is 17.2 Å². The van der Waals surface area contributed by atoms with Gasteiger partial charge in [0.1, 0.15) is 10.7 Å². The number of hydrogen-bond donors (Lipinski definition) is 2. The summed E-state index contributed by atoms with van der Waals surface area (Å²) in [4.78, 5) is 3.76. The number of guanidine groups is 1. The monoisotopic (exact) mass is 367 g/mol.